The predicted octanol–water partition coefficient (Wildman–Crippen LogP) is 0.630. The van der Waals surface area contributed by atoms with Crippen LogP contribution in [-0.4, -0.2) is 14.3 Å². The van der Waals surface area contributed by atoms with Crippen LogP contribution in [0.15, 0.2) is 41.5 Å². The molecule has 0 bridgehead atoms. The van der Waals surface area contributed by atoms with E-state index < -0.39 is 0 Å². The van der Waals surface area contributed by atoms with E-state index in [9.17, 15) is 4.79 Å². The molecule has 72 valence electrons. The summed E-state index contributed by atoms with van der Waals surface area (Å²) in [5.74, 6) is 0. The summed E-state index contributed by atoms with van der Waals surface area (Å²) in [6.07, 6.45) is 1.55. The van der Waals surface area contributed by atoms with E-state index in [2.05, 4.69) is 5.10 Å². The van der Waals surface area contributed by atoms with Crippen molar-refractivity contribution in [1.29, 1.82) is 0 Å². The van der Waals surface area contributed by atoms with Gasteiger partial charge in [-0.05, 0) is 5.56 Å². The Labute approximate surface area is 81.4 Å². The third-order valence-electron chi connectivity index (χ3n) is 2.08. The summed E-state index contributed by atoms with van der Waals surface area (Å²) in [4.78, 5) is 11.4. The van der Waals surface area contributed by atoms with Gasteiger partial charge >= 0.3 is 5.69 Å². The van der Waals surface area contributed by atoms with Gasteiger partial charge in [-0.15, -0.1) is 0 Å². The molecule has 0 aliphatic rings. The van der Waals surface area contributed by atoms with E-state index >= 15 is 0 Å². The van der Waals surface area contributed by atoms with E-state index in [4.69, 9.17) is 0 Å². The monoisotopic (exact) mass is 189 g/mol. The lowest BCUT2D eigenvalue weighted by Crippen LogP contribution is -2.22. The zero-order valence-electron chi connectivity index (χ0n) is 7.92. The molecule has 0 spiro atoms. The van der Waals surface area contributed by atoms with Crippen LogP contribution in [0.25, 0.3) is 0 Å². The number of hydrogen-bond acceptors (Lipinski definition) is 2. The normalized spacial score (nSPS) is 10.4. The molecule has 1 aromatic heterocycles. The second-order valence-corrected chi connectivity index (χ2v) is 3.15. The molecule has 0 radical (unpaired) electrons. The summed E-state index contributed by atoms with van der Waals surface area (Å²) in [6, 6.07) is 9.84. The van der Waals surface area contributed by atoms with Gasteiger partial charge in [0, 0.05) is 7.05 Å². The number of benzene rings is 1. The molecule has 0 aliphatic heterocycles. The number of hydrogen-bond donors (Lipinski definition) is 0. The highest BCUT2D eigenvalue weighted by Gasteiger charge is 2.00. The van der Waals surface area contributed by atoms with Crippen molar-refractivity contribution in [2.24, 2.45) is 7.05 Å². The van der Waals surface area contributed by atoms with Crippen LogP contribution in [0.5, 0.6) is 0 Å². The van der Waals surface area contributed by atoms with Gasteiger partial charge in [0.15, 0.2) is 0 Å². The van der Waals surface area contributed by atoms with Gasteiger partial charge in [0.2, 0.25) is 0 Å². The fourth-order valence-corrected chi connectivity index (χ4v) is 1.31. The van der Waals surface area contributed by atoms with Crippen molar-refractivity contribution >= 4 is 0 Å². The van der Waals surface area contributed by atoms with Gasteiger partial charge in [-0.1, -0.05) is 30.3 Å². The van der Waals surface area contributed by atoms with Crippen molar-refractivity contribution in [1.82, 2.24) is 14.3 Å². The van der Waals surface area contributed by atoms with Crippen molar-refractivity contribution in [2.45, 2.75) is 6.54 Å². The Balaban J connectivity index is 2.28. The second-order valence-electron chi connectivity index (χ2n) is 3.15. The lowest BCUT2D eigenvalue weighted by molar-refractivity contribution is 0.691. The molecular weight excluding hydrogens is 178 g/mol. The molecule has 0 atom stereocenters. The number of aryl methyl sites for hydroxylation is 1. The summed E-state index contributed by atoms with van der Waals surface area (Å²) in [5.41, 5.74) is 1.01. The first-order chi connectivity index (χ1) is 6.77. The average molecular weight is 189 g/mol. The molecule has 0 amide bonds. The lowest BCUT2D eigenvalue weighted by Gasteiger charge is -1.99. The van der Waals surface area contributed by atoms with Gasteiger partial charge < -0.3 is 0 Å². The maximum Gasteiger partial charge on any atom is 0.345 e. The molecule has 1 heterocycles. The van der Waals surface area contributed by atoms with E-state index in [0.717, 1.165) is 5.56 Å². The largest absolute Gasteiger partial charge is 0.345 e. The molecule has 14 heavy (non-hydrogen) atoms. The molecular formula is C10H11N3O. The highest BCUT2D eigenvalue weighted by molar-refractivity contribution is 5.14. The van der Waals surface area contributed by atoms with Crippen LogP contribution >= 0.6 is 0 Å². The van der Waals surface area contributed by atoms with E-state index in [1.165, 1.54) is 4.68 Å². The average Bonchev–Trinajstić information content (AvgIpc) is 2.52. The van der Waals surface area contributed by atoms with E-state index in [1.54, 1.807) is 17.9 Å². The van der Waals surface area contributed by atoms with Crippen LogP contribution in [0, 0.1) is 0 Å². The Morgan fingerprint density at radius 1 is 1.29 bits per heavy atom. The Bertz CT molecular complexity index is 470. The van der Waals surface area contributed by atoms with Crippen molar-refractivity contribution < 1.29 is 0 Å². The maximum atomic E-state index is 11.4. The van der Waals surface area contributed by atoms with Gasteiger partial charge in [-0.2, -0.15) is 5.10 Å². The molecule has 1 aromatic carbocycles. The first-order valence-corrected chi connectivity index (χ1v) is 4.40. The smallest absolute Gasteiger partial charge is 0.277 e. The first kappa shape index (κ1) is 8.74. The van der Waals surface area contributed by atoms with Gasteiger partial charge in [-0.25, -0.2) is 9.48 Å². The predicted molar refractivity (Wildman–Crippen MR) is 53.0 cm³/mol. The minimum atomic E-state index is -0.0890. The topological polar surface area (TPSA) is 39.8 Å². The number of rotatable bonds is 2. The van der Waals surface area contributed by atoms with Crippen molar-refractivity contribution in [3.05, 3.63) is 52.7 Å². The molecule has 4 nitrogen and oxygen atoms in total. The maximum absolute atomic E-state index is 11.4. The molecule has 2 rings (SSSR count). The zero-order chi connectivity index (χ0) is 9.97. The summed E-state index contributed by atoms with van der Waals surface area (Å²) >= 11 is 0. The molecule has 0 unspecified atom stereocenters. The lowest BCUT2D eigenvalue weighted by atomic mass is 10.2. The third kappa shape index (κ3) is 1.59. The van der Waals surface area contributed by atoms with Crippen LogP contribution in [0.3, 0.4) is 0 Å². The zero-order valence-corrected chi connectivity index (χ0v) is 7.92. The van der Waals surface area contributed by atoms with Gasteiger partial charge in [0.1, 0.15) is 6.33 Å². The summed E-state index contributed by atoms with van der Waals surface area (Å²) in [7, 11) is 1.64. The van der Waals surface area contributed by atoms with Gasteiger partial charge in [-0.3, -0.25) is 4.57 Å². The minimum Gasteiger partial charge on any atom is -0.277 e. The Morgan fingerprint density at radius 2 is 2.00 bits per heavy atom. The number of aromatic nitrogens is 3. The Morgan fingerprint density at radius 3 is 2.57 bits per heavy atom. The van der Waals surface area contributed by atoms with Crippen molar-refractivity contribution in [3.8, 4) is 0 Å². The molecule has 0 saturated heterocycles. The summed E-state index contributed by atoms with van der Waals surface area (Å²) < 4.78 is 2.90. The Hall–Kier alpha value is -1.84. The van der Waals surface area contributed by atoms with E-state index in [1.807, 2.05) is 30.3 Å². The minimum absolute atomic E-state index is 0.0890. The quantitative estimate of drug-likeness (QED) is 0.695. The molecule has 0 N–H and O–H groups in total. The molecule has 2 aromatic rings. The van der Waals surface area contributed by atoms with Crippen LogP contribution in [0.2, 0.25) is 0 Å². The highest BCUT2D eigenvalue weighted by Crippen LogP contribution is 1.99. The summed E-state index contributed by atoms with van der Waals surface area (Å²) in [6.45, 7) is 0.577. The van der Waals surface area contributed by atoms with Crippen molar-refractivity contribution in [2.75, 3.05) is 0 Å². The molecule has 0 saturated carbocycles. The highest BCUT2D eigenvalue weighted by atomic mass is 16.2. The SMILES string of the molecule is Cn1ncn(Cc2ccccc2)c1=O. The first-order valence-electron chi connectivity index (χ1n) is 4.40. The van der Waals surface area contributed by atoms with E-state index in [0.29, 0.717) is 6.54 Å². The van der Waals surface area contributed by atoms with Crippen LogP contribution in [-0.2, 0) is 13.6 Å². The molecule has 4 heteroatoms. The van der Waals surface area contributed by atoms with Gasteiger partial charge in [0.25, 0.3) is 0 Å². The van der Waals surface area contributed by atoms with E-state index in [-0.39, 0.29) is 5.69 Å². The Kier molecular flexibility index (Phi) is 2.18. The fourth-order valence-electron chi connectivity index (χ4n) is 1.31. The fraction of sp³-hybridized carbons (Fsp3) is 0.200. The second kappa shape index (κ2) is 3.49. The van der Waals surface area contributed by atoms with Crippen LogP contribution < -0.4 is 5.69 Å². The summed E-state index contributed by atoms with van der Waals surface area (Å²) in [5, 5.41) is 3.88. The van der Waals surface area contributed by atoms with Gasteiger partial charge in [0.05, 0.1) is 6.54 Å². The number of nitrogens with zero attached hydrogens (tertiary/aromatic N) is 3. The van der Waals surface area contributed by atoms with Crippen LogP contribution in [0.1, 0.15) is 5.56 Å². The standard InChI is InChI=1S/C10H11N3O/c1-12-10(14)13(8-11-12)7-9-5-3-2-4-6-9/h2-6,8H,7H2,1H3. The third-order valence-corrected chi connectivity index (χ3v) is 2.08. The molecule has 0 fully saturated rings. The van der Waals surface area contributed by atoms with Crippen molar-refractivity contribution in [3.63, 3.8) is 0 Å². The van der Waals surface area contributed by atoms with Crippen LogP contribution in [0.4, 0.5) is 0 Å². The molecule has 0 aliphatic carbocycles.